The van der Waals surface area contributed by atoms with Crippen LogP contribution in [0.2, 0.25) is 5.15 Å². The highest BCUT2D eigenvalue weighted by molar-refractivity contribution is 6.29. The molecule has 1 aliphatic rings. The number of rotatable bonds is 4. The highest BCUT2D eigenvalue weighted by atomic mass is 35.5. The predicted molar refractivity (Wildman–Crippen MR) is 91.5 cm³/mol. The molecule has 8 heteroatoms. The smallest absolute Gasteiger partial charge is 0.256 e. The number of amides is 1. The third kappa shape index (κ3) is 3.61. The Morgan fingerprint density at radius 1 is 1.36 bits per heavy atom. The lowest BCUT2D eigenvalue weighted by atomic mass is 10.1. The van der Waals surface area contributed by atoms with E-state index in [2.05, 4.69) is 10.2 Å². The van der Waals surface area contributed by atoms with Crippen LogP contribution in [-0.4, -0.2) is 53.5 Å². The molecule has 0 aliphatic carbocycles. The fraction of sp³-hybridized carbons (Fsp3) is 0.294. The zero-order valence-electron chi connectivity index (χ0n) is 13.5. The SMILES string of the molecule is CN(c1ccc(Cl)nn1)C1CCN(C(=O)c2cc(C=O)ccc2F)C1. The quantitative estimate of drug-likeness (QED) is 0.781. The van der Waals surface area contributed by atoms with Gasteiger partial charge in [0.2, 0.25) is 0 Å². The molecule has 0 bridgehead atoms. The lowest BCUT2D eigenvalue weighted by molar-refractivity contribution is 0.0786. The van der Waals surface area contributed by atoms with Gasteiger partial charge in [-0.25, -0.2) is 4.39 Å². The number of likely N-dealkylation sites (tertiary alicyclic amines) is 1. The molecule has 0 saturated carbocycles. The van der Waals surface area contributed by atoms with Gasteiger partial charge < -0.3 is 9.80 Å². The molecule has 25 heavy (non-hydrogen) atoms. The molecule has 2 aromatic rings. The molecule has 3 rings (SSSR count). The zero-order valence-corrected chi connectivity index (χ0v) is 14.3. The van der Waals surface area contributed by atoms with Crippen molar-refractivity contribution in [2.24, 2.45) is 0 Å². The lowest BCUT2D eigenvalue weighted by Crippen LogP contribution is -2.37. The Labute approximate surface area is 149 Å². The minimum atomic E-state index is -0.629. The third-order valence-corrected chi connectivity index (χ3v) is 4.54. The molecule has 1 fully saturated rings. The maximum Gasteiger partial charge on any atom is 0.256 e. The van der Waals surface area contributed by atoms with Crippen LogP contribution in [0.3, 0.4) is 0 Å². The average molecular weight is 363 g/mol. The highest BCUT2D eigenvalue weighted by Crippen LogP contribution is 2.22. The van der Waals surface area contributed by atoms with Crippen LogP contribution < -0.4 is 4.90 Å². The van der Waals surface area contributed by atoms with Crippen molar-refractivity contribution < 1.29 is 14.0 Å². The van der Waals surface area contributed by atoms with E-state index in [1.165, 1.54) is 12.1 Å². The molecule has 6 nitrogen and oxygen atoms in total. The first kappa shape index (κ1) is 17.3. The maximum atomic E-state index is 14.0. The molecule has 1 aliphatic heterocycles. The van der Waals surface area contributed by atoms with Gasteiger partial charge in [-0.15, -0.1) is 10.2 Å². The fourth-order valence-electron chi connectivity index (χ4n) is 2.88. The van der Waals surface area contributed by atoms with Crippen LogP contribution >= 0.6 is 11.6 Å². The molecule has 1 saturated heterocycles. The van der Waals surface area contributed by atoms with Gasteiger partial charge in [-0.05, 0) is 36.8 Å². The number of aldehydes is 1. The van der Waals surface area contributed by atoms with Gasteiger partial charge >= 0.3 is 0 Å². The lowest BCUT2D eigenvalue weighted by Gasteiger charge is -2.25. The number of benzene rings is 1. The molecule has 0 spiro atoms. The normalized spacial score (nSPS) is 16.8. The Hall–Kier alpha value is -2.54. The summed E-state index contributed by atoms with van der Waals surface area (Å²) in [6, 6.07) is 7.22. The van der Waals surface area contributed by atoms with Crippen molar-refractivity contribution in [1.29, 1.82) is 0 Å². The van der Waals surface area contributed by atoms with Crippen LogP contribution in [0.1, 0.15) is 27.1 Å². The summed E-state index contributed by atoms with van der Waals surface area (Å²) in [4.78, 5) is 27.0. The number of halogens is 2. The summed E-state index contributed by atoms with van der Waals surface area (Å²) in [7, 11) is 1.87. The van der Waals surface area contributed by atoms with E-state index in [0.29, 0.717) is 30.3 Å². The largest absolute Gasteiger partial charge is 0.353 e. The van der Waals surface area contributed by atoms with Crippen LogP contribution in [0.25, 0.3) is 0 Å². The van der Waals surface area contributed by atoms with Crippen molar-refractivity contribution >= 4 is 29.6 Å². The first-order valence-corrected chi connectivity index (χ1v) is 8.13. The highest BCUT2D eigenvalue weighted by Gasteiger charge is 2.31. The summed E-state index contributed by atoms with van der Waals surface area (Å²) in [5, 5.41) is 8.15. The van der Waals surface area contributed by atoms with Gasteiger partial charge in [0.25, 0.3) is 5.91 Å². The molecule has 1 aromatic heterocycles. The third-order valence-electron chi connectivity index (χ3n) is 4.33. The monoisotopic (exact) mass is 362 g/mol. The second kappa shape index (κ2) is 7.14. The Bertz CT molecular complexity index is 800. The predicted octanol–water partition coefficient (Wildman–Crippen LogP) is 2.43. The molecular weight excluding hydrogens is 347 g/mol. The summed E-state index contributed by atoms with van der Waals surface area (Å²) >= 11 is 5.74. The van der Waals surface area contributed by atoms with Crippen LogP contribution in [0.5, 0.6) is 0 Å². The summed E-state index contributed by atoms with van der Waals surface area (Å²) in [5.41, 5.74) is 0.188. The summed E-state index contributed by atoms with van der Waals surface area (Å²) in [6.45, 7) is 0.935. The molecule has 1 atom stereocenters. The van der Waals surface area contributed by atoms with Crippen LogP contribution in [0, 0.1) is 5.82 Å². The Kier molecular flexibility index (Phi) is 4.94. The molecule has 2 heterocycles. The number of hydrogen-bond donors (Lipinski definition) is 0. The van der Waals surface area contributed by atoms with Crippen molar-refractivity contribution in [3.05, 3.63) is 52.4 Å². The zero-order chi connectivity index (χ0) is 18.0. The number of likely N-dealkylation sites (N-methyl/N-ethyl adjacent to an activating group) is 1. The van der Waals surface area contributed by atoms with Gasteiger partial charge in [-0.3, -0.25) is 9.59 Å². The molecule has 1 aromatic carbocycles. The first-order chi connectivity index (χ1) is 12.0. The number of hydrogen-bond acceptors (Lipinski definition) is 5. The van der Waals surface area contributed by atoms with Crippen LogP contribution in [0.4, 0.5) is 10.2 Å². The van der Waals surface area contributed by atoms with Crippen LogP contribution in [0.15, 0.2) is 30.3 Å². The van der Waals surface area contributed by atoms with E-state index in [4.69, 9.17) is 11.6 Å². The van der Waals surface area contributed by atoms with Crippen molar-refractivity contribution in [1.82, 2.24) is 15.1 Å². The molecular formula is C17H16ClFN4O2. The first-order valence-electron chi connectivity index (χ1n) is 7.75. The van der Waals surface area contributed by atoms with Crippen LogP contribution in [-0.2, 0) is 0 Å². The standard InChI is InChI=1S/C17H16ClFN4O2/c1-22(16-5-4-15(18)20-21-16)12-6-7-23(9-12)17(25)13-8-11(10-24)2-3-14(13)19/h2-5,8,10,12H,6-7,9H2,1H3. The van der Waals surface area contributed by atoms with Gasteiger partial charge in [0, 0.05) is 31.7 Å². The van der Waals surface area contributed by atoms with E-state index in [0.717, 1.165) is 12.5 Å². The van der Waals surface area contributed by atoms with Crippen molar-refractivity contribution in [2.75, 3.05) is 25.0 Å². The topological polar surface area (TPSA) is 66.4 Å². The Morgan fingerprint density at radius 2 is 2.16 bits per heavy atom. The van der Waals surface area contributed by atoms with E-state index in [1.807, 2.05) is 11.9 Å². The second-order valence-corrected chi connectivity index (χ2v) is 6.26. The fourth-order valence-corrected chi connectivity index (χ4v) is 2.98. The van der Waals surface area contributed by atoms with E-state index in [9.17, 15) is 14.0 Å². The van der Waals surface area contributed by atoms with Gasteiger partial charge in [0.15, 0.2) is 11.0 Å². The minimum Gasteiger partial charge on any atom is -0.353 e. The summed E-state index contributed by atoms with van der Waals surface area (Å²) < 4.78 is 14.0. The molecule has 130 valence electrons. The summed E-state index contributed by atoms with van der Waals surface area (Å²) in [6.07, 6.45) is 1.32. The molecule has 1 unspecified atom stereocenters. The van der Waals surface area contributed by atoms with Crippen molar-refractivity contribution in [3.8, 4) is 0 Å². The summed E-state index contributed by atoms with van der Waals surface area (Å²) in [5.74, 6) is -0.395. The molecule has 0 radical (unpaired) electrons. The van der Waals surface area contributed by atoms with E-state index >= 15 is 0 Å². The van der Waals surface area contributed by atoms with E-state index < -0.39 is 11.7 Å². The number of carbonyl (C=O) groups is 2. The maximum absolute atomic E-state index is 14.0. The van der Waals surface area contributed by atoms with E-state index in [-0.39, 0.29) is 17.2 Å². The molecule has 1 amide bonds. The number of aromatic nitrogens is 2. The van der Waals surface area contributed by atoms with Gasteiger partial charge in [-0.2, -0.15) is 0 Å². The number of anilines is 1. The number of carbonyl (C=O) groups excluding carboxylic acids is 2. The van der Waals surface area contributed by atoms with Gasteiger partial charge in [0.05, 0.1) is 5.56 Å². The van der Waals surface area contributed by atoms with Crippen molar-refractivity contribution in [3.63, 3.8) is 0 Å². The van der Waals surface area contributed by atoms with E-state index in [1.54, 1.807) is 17.0 Å². The Balaban J connectivity index is 1.73. The van der Waals surface area contributed by atoms with Gasteiger partial charge in [0.1, 0.15) is 12.1 Å². The Morgan fingerprint density at radius 3 is 2.84 bits per heavy atom. The minimum absolute atomic E-state index is 0.0386. The average Bonchev–Trinajstić information content (AvgIpc) is 3.12. The van der Waals surface area contributed by atoms with Crippen molar-refractivity contribution in [2.45, 2.75) is 12.5 Å². The van der Waals surface area contributed by atoms with Gasteiger partial charge in [-0.1, -0.05) is 11.6 Å². The molecule has 0 N–H and O–H groups in total. The second-order valence-electron chi connectivity index (χ2n) is 5.88. The number of nitrogens with zero attached hydrogens (tertiary/aromatic N) is 4.